The monoisotopic (exact) mass is 289 g/mol. The van der Waals surface area contributed by atoms with Crippen molar-refractivity contribution in [3.63, 3.8) is 0 Å². The summed E-state index contributed by atoms with van der Waals surface area (Å²) >= 11 is 1.46. The highest BCUT2D eigenvalue weighted by atomic mass is 32.1. The molecular weight excluding hydrogens is 278 g/mol. The number of aromatic amines is 1. The summed E-state index contributed by atoms with van der Waals surface area (Å²) < 4.78 is 1.53. The van der Waals surface area contributed by atoms with E-state index < -0.39 is 5.97 Å². The number of hydrogen-bond acceptors (Lipinski definition) is 4. The number of fused-ring (bicyclic) bond motifs is 1. The van der Waals surface area contributed by atoms with Crippen LogP contribution in [0.15, 0.2) is 34.6 Å². The number of aromatic carboxylic acids is 1. The molecular formula is C13H11N3O3S. The van der Waals surface area contributed by atoms with Crippen LogP contribution < -0.4 is 5.69 Å². The van der Waals surface area contributed by atoms with Crippen molar-refractivity contribution in [2.75, 3.05) is 0 Å². The van der Waals surface area contributed by atoms with E-state index in [0.29, 0.717) is 11.0 Å². The van der Waals surface area contributed by atoms with Gasteiger partial charge in [-0.05, 0) is 19.1 Å². The maximum Gasteiger partial charge on any atom is 0.337 e. The number of H-pyrrole nitrogens is 1. The Labute approximate surface area is 117 Å². The summed E-state index contributed by atoms with van der Waals surface area (Å²) in [5.74, 6) is -1.06. The van der Waals surface area contributed by atoms with Gasteiger partial charge < -0.3 is 10.1 Å². The average Bonchev–Trinajstić information content (AvgIpc) is 3.03. The van der Waals surface area contributed by atoms with Gasteiger partial charge in [0.25, 0.3) is 0 Å². The minimum atomic E-state index is -1.06. The highest BCUT2D eigenvalue weighted by Crippen LogP contribution is 2.24. The number of thiazole rings is 1. The van der Waals surface area contributed by atoms with Gasteiger partial charge in [-0.15, -0.1) is 11.3 Å². The molecule has 102 valence electrons. The first-order valence-electron chi connectivity index (χ1n) is 5.95. The minimum absolute atomic E-state index is 0.0877. The van der Waals surface area contributed by atoms with E-state index in [1.807, 2.05) is 12.3 Å². The van der Waals surface area contributed by atoms with Crippen LogP contribution in [0.5, 0.6) is 0 Å². The molecule has 3 aromatic rings. The van der Waals surface area contributed by atoms with E-state index in [1.165, 1.54) is 22.0 Å². The molecule has 0 amide bonds. The van der Waals surface area contributed by atoms with Crippen molar-refractivity contribution in [1.82, 2.24) is 14.5 Å². The fourth-order valence-corrected chi connectivity index (χ4v) is 2.95. The Morgan fingerprint density at radius 1 is 1.50 bits per heavy atom. The van der Waals surface area contributed by atoms with Crippen LogP contribution in [-0.2, 0) is 0 Å². The molecule has 1 aromatic carbocycles. The molecule has 2 N–H and O–H groups in total. The zero-order valence-corrected chi connectivity index (χ0v) is 11.3. The number of imidazole rings is 1. The maximum absolute atomic E-state index is 12.1. The van der Waals surface area contributed by atoms with E-state index in [9.17, 15) is 9.59 Å². The third-order valence-electron chi connectivity index (χ3n) is 3.18. The molecule has 0 aliphatic carbocycles. The smallest absolute Gasteiger partial charge is 0.337 e. The van der Waals surface area contributed by atoms with Gasteiger partial charge >= 0.3 is 11.7 Å². The SMILES string of the molecule is CC(c1nccs1)n1c(=O)[nH]c2c(C(=O)O)cccc21. The summed E-state index contributed by atoms with van der Waals surface area (Å²) in [6.45, 7) is 1.86. The van der Waals surface area contributed by atoms with Crippen molar-refractivity contribution in [3.05, 3.63) is 50.8 Å². The molecule has 0 saturated carbocycles. The van der Waals surface area contributed by atoms with Crippen molar-refractivity contribution in [3.8, 4) is 0 Å². The summed E-state index contributed by atoms with van der Waals surface area (Å²) in [5.41, 5.74) is 0.659. The largest absolute Gasteiger partial charge is 0.478 e. The highest BCUT2D eigenvalue weighted by molar-refractivity contribution is 7.09. The van der Waals surface area contributed by atoms with E-state index in [1.54, 1.807) is 18.3 Å². The van der Waals surface area contributed by atoms with Crippen molar-refractivity contribution < 1.29 is 9.90 Å². The third kappa shape index (κ3) is 1.83. The highest BCUT2D eigenvalue weighted by Gasteiger charge is 2.19. The lowest BCUT2D eigenvalue weighted by Crippen LogP contribution is -2.20. The van der Waals surface area contributed by atoms with Crippen LogP contribution in [0, 0.1) is 0 Å². The van der Waals surface area contributed by atoms with Crippen molar-refractivity contribution in [2.45, 2.75) is 13.0 Å². The molecule has 0 aliphatic rings. The number of benzene rings is 1. The standard InChI is InChI=1S/C13H11N3O3S/c1-7(11-14-5-6-20-11)16-9-4-2-3-8(12(17)18)10(9)15-13(16)19/h2-7H,1H3,(H,15,19)(H,17,18). The van der Waals surface area contributed by atoms with Crippen LogP contribution >= 0.6 is 11.3 Å². The number of para-hydroxylation sites is 1. The molecule has 0 radical (unpaired) electrons. The molecule has 20 heavy (non-hydrogen) atoms. The van der Waals surface area contributed by atoms with E-state index in [0.717, 1.165) is 5.01 Å². The molecule has 1 atom stereocenters. The van der Waals surface area contributed by atoms with Gasteiger partial charge in [-0.3, -0.25) is 4.57 Å². The summed E-state index contributed by atoms with van der Waals surface area (Å²) in [7, 11) is 0. The van der Waals surface area contributed by atoms with E-state index in [-0.39, 0.29) is 17.3 Å². The minimum Gasteiger partial charge on any atom is -0.478 e. The van der Waals surface area contributed by atoms with Crippen molar-refractivity contribution in [2.24, 2.45) is 0 Å². The van der Waals surface area contributed by atoms with Crippen LogP contribution in [0.3, 0.4) is 0 Å². The topological polar surface area (TPSA) is 88.0 Å². The van der Waals surface area contributed by atoms with Gasteiger partial charge in [-0.1, -0.05) is 6.07 Å². The number of rotatable bonds is 3. The van der Waals surface area contributed by atoms with Gasteiger partial charge in [0.2, 0.25) is 0 Å². The lowest BCUT2D eigenvalue weighted by atomic mass is 10.2. The fourth-order valence-electron chi connectivity index (χ4n) is 2.26. The van der Waals surface area contributed by atoms with Crippen LogP contribution in [0.2, 0.25) is 0 Å². The Hall–Kier alpha value is -2.41. The van der Waals surface area contributed by atoms with Gasteiger partial charge in [-0.25, -0.2) is 14.6 Å². The third-order valence-corrected chi connectivity index (χ3v) is 4.13. The zero-order valence-electron chi connectivity index (χ0n) is 10.5. The van der Waals surface area contributed by atoms with Crippen LogP contribution in [-0.4, -0.2) is 25.6 Å². The van der Waals surface area contributed by atoms with Gasteiger partial charge in [0.15, 0.2) is 0 Å². The fraction of sp³-hybridized carbons (Fsp3) is 0.154. The van der Waals surface area contributed by atoms with E-state index in [4.69, 9.17) is 5.11 Å². The lowest BCUT2D eigenvalue weighted by molar-refractivity contribution is 0.0699. The van der Waals surface area contributed by atoms with E-state index >= 15 is 0 Å². The van der Waals surface area contributed by atoms with Gasteiger partial charge in [0, 0.05) is 11.6 Å². The number of aromatic nitrogens is 3. The normalized spacial score (nSPS) is 12.7. The van der Waals surface area contributed by atoms with Crippen molar-refractivity contribution >= 4 is 28.3 Å². The summed E-state index contributed by atoms with van der Waals surface area (Å²) in [4.78, 5) is 30.2. The predicted octanol–water partition coefficient (Wildman–Crippen LogP) is 2.09. The van der Waals surface area contributed by atoms with Crippen LogP contribution in [0.25, 0.3) is 11.0 Å². The molecule has 1 unspecified atom stereocenters. The molecule has 0 spiro atoms. The Morgan fingerprint density at radius 3 is 2.95 bits per heavy atom. The average molecular weight is 289 g/mol. The second kappa shape index (κ2) is 4.61. The Balaban J connectivity index is 2.27. The molecule has 0 fully saturated rings. The number of nitrogens with one attached hydrogen (secondary N) is 1. The van der Waals surface area contributed by atoms with Gasteiger partial charge in [0.1, 0.15) is 5.01 Å². The summed E-state index contributed by atoms with van der Waals surface area (Å²) in [6, 6.07) is 4.58. The molecule has 0 saturated heterocycles. The second-order valence-electron chi connectivity index (χ2n) is 4.35. The quantitative estimate of drug-likeness (QED) is 0.772. The van der Waals surface area contributed by atoms with Gasteiger partial charge in [-0.2, -0.15) is 0 Å². The van der Waals surface area contributed by atoms with Crippen LogP contribution in [0.1, 0.15) is 28.3 Å². The van der Waals surface area contributed by atoms with Gasteiger partial charge in [0.05, 0.1) is 22.6 Å². The number of carboxylic acids is 1. The number of hydrogen-bond donors (Lipinski definition) is 2. The Morgan fingerprint density at radius 2 is 2.30 bits per heavy atom. The first kappa shape index (κ1) is 12.6. The Bertz CT molecular complexity index is 832. The number of carboxylic acid groups (broad SMARTS) is 1. The summed E-state index contributed by atoms with van der Waals surface area (Å²) in [6.07, 6.45) is 1.68. The molecule has 0 bridgehead atoms. The first-order valence-corrected chi connectivity index (χ1v) is 6.83. The molecule has 3 rings (SSSR count). The Kier molecular flexibility index (Phi) is 2.90. The predicted molar refractivity (Wildman–Crippen MR) is 75.4 cm³/mol. The second-order valence-corrected chi connectivity index (χ2v) is 5.28. The molecule has 0 aliphatic heterocycles. The maximum atomic E-state index is 12.1. The van der Waals surface area contributed by atoms with E-state index in [2.05, 4.69) is 9.97 Å². The lowest BCUT2D eigenvalue weighted by Gasteiger charge is -2.10. The number of carbonyl (C=O) groups is 1. The molecule has 2 aromatic heterocycles. The van der Waals surface area contributed by atoms with Crippen LogP contribution in [0.4, 0.5) is 0 Å². The zero-order chi connectivity index (χ0) is 14.3. The summed E-state index contributed by atoms with van der Waals surface area (Å²) in [5, 5.41) is 11.8. The number of nitrogens with zero attached hydrogens (tertiary/aromatic N) is 2. The molecule has 2 heterocycles. The molecule has 6 nitrogen and oxygen atoms in total. The van der Waals surface area contributed by atoms with Crippen molar-refractivity contribution in [1.29, 1.82) is 0 Å². The first-order chi connectivity index (χ1) is 9.59. The molecule has 7 heteroatoms.